The molecule has 0 saturated heterocycles. The van der Waals surface area contributed by atoms with E-state index in [0.29, 0.717) is 19.3 Å². The first kappa shape index (κ1) is 14.3. The summed E-state index contributed by atoms with van der Waals surface area (Å²) in [6.07, 6.45) is 6.55. The molecular weight excluding hydrogens is 240 g/mol. The van der Waals surface area contributed by atoms with Gasteiger partial charge in [0.25, 0.3) is 0 Å². The summed E-state index contributed by atoms with van der Waals surface area (Å²) in [6.45, 7) is 2.05. The van der Waals surface area contributed by atoms with E-state index in [1.54, 1.807) is 4.68 Å². The smallest absolute Gasteiger partial charge is 0.170 e. The number of Topliss-reactive ketones (excluding diaryl/α,β-unsaturated/α-hetero) is 1. The van der Waals surface area contributed by atoms with Crippen LogP contribution in [0.5, 0.6) is 0 Å². The maximum absolute atomic E-state index is 12.4. The fourth-order valence-corrected chi connectivity index (χ4v) is 2.83. The van der Waals surface area contributed by atoms with Gasteiger partial charge in [0.1, 0.15) is 5.60 Å². The molecule has 0 unspecified atom stereocenters. The number of carbonyl (C=O) groups excluding carboxylic acids is 1. The van der Waals surface area contributed by atoms with Crippen molar-refractivity contribution in [2.24, 2.45) is 7.05 Å². The first-order valence-electron chi connectivity index (χ1n) is 7.32. The number of nitrogens with zero attached hydrogens (tertiary/aromatic N) is 2. The van der Waals surface area contributed by atoms with Gasteiger partial charge in [0, 0.05) is 12.7 Å². The Bertz CT molecular complexity index is 443. The molecule has 1 aliphatic rings. The molecule has 0 atom stereocenters. The molecule has 1 aromatic heterocycles. The molecule has 0 aliphatic heterocycles. The third-order valence-corrected chi connectivity index (χ3v) is 4.18. The fourth-order valence-electron chi connectivity index (χ4n) is 2.83. The van der Waals surface area contributed by atoms with Crippen LogP contribution in [0.2, 0.25) is 0 Å². The summed E-state index contributed by atoms with van der Waals surface area (Å²) in [7, 11) is 1.86. The number of ketones is 1. The van der Waals surface area contributed by atoms with Crippen molar-refractivity contribution in [3.8, 4) is 0 Å². The van der Waals surface area contributed by atoms with Gasteiger partial charge in [-0.15, -0.1) is 0 Å². The van der Waals surface area contributed by atoms with Crippen molar-refractivity contribution >= 4 is 5.78 Å². The van der Waals surface area contributed by atoms with Gasteiger partial charge in [-0.05, 0) is 25.3 Å². The van der Waals surface area contributed by atoms with Crippen molar-refractivity contribution in [2.45, 2.75) is 63.9 Å². The van der Waals surface area contributed by atoms with Crippen LogP contribution in [0.3, 0.4) is 0 Å². The van der Waals surface area contributed by atoms with Crippen LogP contribution in [-0.4, -0.2) is 26.3 Å². The van der Waals surface area contributed by atoms with Gasteiger partial charge in [0.2, 0.25) is 0 Å². The largest absolute Gasteiger partial charge is 0.382 e. The van der Waals surface area contributed by atoms with E-state index in [0.717, 1.165) is 43.5 Å². The van der Waals surface area contributed by atoms with Crippen LogP contribution in [0.25, 0.3) is 0 Å². The summed E-state index contributed by atoms with van der Waals surface area (Å²) >= 11 is 0. The van der Waals surface area contributed by atoms with Crippen molar-refractivity contribution in [1.29, 1.82) is 0 Å². The Morgan fingerprint density at radius 2 is 2.00 bits per heavy atom. The van der Waals surface area contributed by atoms with Gasteiger partial charge < -0.3 is 5.11 Å². The van der Waals surface area contributed by atoms with Crippen molar-refractivity contribution in [1.82, 2.24) is 9.78 Å². The molecule has 0 aromatic carbocycles. The Balaban J connectivity index is 2.08. The second-order valence-electron chi connectivity index (χ2n) is 5.65. The molecule has 19 heavy (non-hydrogen) atoms. The maximum atomic E-state index is 12.4. The molecule has 1 N–H and O–H groups in total. The van der Waals surface area contributed by atoms with Gasteiger partial charge in [-0.1, -0.05) is 32.6 Å². The second kappa shape index (κ2) is 5.87. The van der Waals surface area contributed by atoms with Crippen LogP contribution in [0.15, 0.2) is 6.07 Å². The van der Waals surface area contributed by atoms with E-state index in [1.165, 1.54) is 0 Å². The molecule has 0 bridgehead atoms. The molecule has 2 rings (SSSR count). The summed E-state index contributed by atoms with van der Waals surface area (Å²) in [4.78, 5) is 12.4. The first-order chi connectivity index (χ1) is 9.05. The quantitative estimate of drug-likeness (QED) is 0.848. The lowest BCUT2D eigenvalue weighted by Gasteiger charge is -2.24. The SMILES string of the molecule is CCc1cc(CC(=O)C2(O)CCCCCC2)n(C)n1. The predicted molar refractivity (Wildman–Crippen MR) is 73.9 cm³/mol. The molecule has 1 saturated carbocycles. The van der Waals surface area contributed by atoms with Gasteiger partial charge in [0.15, 0.2) is 5.78 Å². The Morgan fingerprint density at radius 3 is 2.53 bits per heavy atom. The van der Waals surface area contributed by atoms with Gasteiger partial charge in [-0.3, -0.25) is 9.48 Å². The first-order valence-corrected chi connectivity index (χ1v) is 7.32. The Labute approximate surface area is 114 Å². The zero-order valence-electron chi connectivity index (χ0n) is 12.0. The number of carbonyl (C=O) groups is 1. The van der Waals surface area contributed by atoms with E-state index >= 15 is 0 Å². The van der Waals surface area contributed by atoms with Crippen molar-refractivity contribution in [3.63, 3.8) is 0 Å². The molecule has 1 heterocycles. The van der Waals surface area contributed by atoms with Crippen molar-refractivity contribution in [3.05, 3.63) is 17.5 Å². The van der Waals surface area contributed by atoms with Gasteiger partial charge in [0.05, 0.1) is 12.1 Å². The molecule has 106 valence electrons. The fraction of sp³-hybridized carbons (Fsp3) is 0.733. The number of hydrogen-bond donors (Lipinski definition) is 1. The Morgan fingerprint density at radius 1 is 1.37 bits per heavy atom. The summed E-state index contributed by atoms with van der Waals surface area (Å²) < 4.78 is 1.76. The maximum Gasteiger partial charge on any atom is 0.170 e. The van der Waals surface area contributed by atoms with Gasteiger partial charge in [-0.2, -0.15) is 5.10 Å². The highest BCUT2D eigenvalue weighted by atomic mass is 16.3. The minimum absolute atomic E-state index is 0.0416. The van der Waals surface area contributed by atoms with E-state index in [2.05, 4.69) is 5.10 Å². The molecule has 1 aromatic rings. The van der Waals surface area contributed by atoms with Crippen LogP contribution in [0.4, 0.5) is 0 Å². The van der Waals surface area contributed by atoms with Crippen LogP contribution >= 0.6 is 0 Å². The highest BCUT2D eigenvalue weighted by Gasteiger charge is 2.35. The number of aryl methyl sites for hydroxylation is 2. The lowest BCUT2D eigenvalue weighted by Crippen LogP contribution is -2.39. The third kappa shape index (κ3) is 3.24. The van der Waals surface area contributed by atoms with Gasteiger partial charge >= 0.3 is 0 Å². The van der Waals surface area contributed by atoms with E-state index in [4.69, 9.17) is 0 Å². The molecular formula is C15H24N2O2. The second-order valence-corrected chi connectivity index (χ2v) is 5.65. The summed E-state index contributed by atoms with van der Waals surface area (Å²) in [6, 6.07) is 1.97. The minimum Gasteiger partial charge on any atom is -0.382 e. The van der Waals surface area contributed by atoms with Crippen LogP contribution in [0.1, 0.15) is 56.8 Å². The third-order valence-electron chi connectivity index (χ3n) is 4.18. The number of hydrogen-bond acceptors (Lipinski definition) is 3. The molecule has 0 radical (unpaired) electrons. The average molecular weight is 264 g/mol. The van der Waals surface area contributed by atoms with E-state index < -0.39 is 5.60 Å². The summed E-state index contributed by atoms with van der Waals surface area (Å²) in [5.74, 6) is -0.0416. The molecule has 0 amide bonds. The lowest BCUT2D eigenvalue weighted by atomic mass is 9.87. The van der Waals surface area contributed by atoms with Crippen LogP contribution in [0, 0.1) is 0 Å². The Kier molecular flexibility index (Phi) is 4.40. The normalized spacial score (nSPS) is 19.1. The highest BCUT2D eigenvalue weighted by molar-refractivity contribution is 5.88. The van der Waals surface area contributed by atoms with Crippen LogP contribution < -0.4 is 0 Å². The van der Waals surface area contributed by atoms with E-state index in [-0.39, 0.29) is 5.78 Å². The van der Waals surface area contributed by atoms with E-state index in [1.807, 2.05) is 20.0 Å². The lowest BCUT2D eigenvalue weighted by molar-refractivity contribution is -0.138. The molecule has 4 heteroatoms. The number of aromatic nitrogens is 2. The molecule has 4 nitrogen and oxygen atoms in total. The minimum atomic E-state index is -1.10. The standard InChI is InChI=1S/C15H24N2O2/c1-3-12-10-13(17(2)16-12)11-14(18)15(19)8-6-4-5-7-9-15/h10,19H,3-9,11H2,1-2H3. The summed E-state index contributed by atoms with van der Waals surface area (Å²) in [5.41, 5.74) is 0.797. The van der Waals surface area contributed by atoms with E-state index in [9.17, 15) is 9.90 Å². The van der Waals surface area contributed by atoms with Crippen LogP contribution in [-0.2, 0) is 24.7 Å². The highest BCUT2D eigenvalue weighted by Crippen LogP contribution is 2.28. The molecule has 1 fully saturated rings. The molecule has 0 spiro atoms. The number of aliphatic hydroxyl groups is 1. The zero-order chi connectivity index (χ0) is 13.9. The summed E-state index contributed by atoms with van der Waals surface area (Å²) in [5, 5.41) is 14.9. The van der Waals surface area contributed by atoms with Crippen molar-refractivity contribution < 1.29 is 9.90 Å². The zero-order valence-corrected chi connectivity index (χ0v) is 12.0. The van der Waals surface area contributed by atoms with Gasteiger partial charge in [-0.25, -0.2) is 0 Å². The Hall–Kier alpha value is -1.16. The average Bonchev–Trinajstić information content (AvgIpc) is 2.60. The monoisotopic (exact) mass is 264 g/mol. The molecule has 1 aliphatic carbocycles. The number of rotatable bonds is 4. The predicted octanol–water partition coefficient (Wildman–Crippen LogP) is 2.18. The van der Waals surface area contributed by atoms with Crippen molar-refractivity contribution in [2.75, 3.05) is 0 Å². The topological polar surface area (TPSA) is 55.1 Å².